The lowest BCUT2D eigenvalue weighted by Gasteiger charge is -2.23. The molecule has 0 N–H and O–H groups in total. The van der Waals surface area contributed by atoms with Gasteiger partial charge in [0, 0.05) is 12.3 Å². The summed E-state index contributed by atoms with van der Waals surface area (Å²) in [6, 6.07) is 1.89. The Morgan fingerprint density at radius 1 is 1.67 bits per heavy atom. The standard InChI is InChI=1S/C11H15NO3/c1-2-15-11(14)9(7-12)8-5-3-4-6-10(8)13/h8-9H,2-6H2,1H3/t8-,9+/m1/s1. The Morgan fingerprint density at radius 2 is 2.40 bits per heavy atom. The third kappa shape index (κ3) is 2.79. The van der Waals surface area contributed by atoms with E-state index >= 15 is 0 Å². The Morgan fingerprint density at radius 3 is 2.93 bits per heavy atom. The Balaban J connectivity index is 2.69. The molecular weight excluding hydrogens is 194 g/mol. The van der Waals surface area contributed by atoms with Gasteiger partial charge in [-0.25, -0.2) is 0 Å². The van der Waals surface area contributed by atoms with E-state index in [0.29, 0.717) is 12.8 Å². The molecule has 0 aliphatic heterocycles. The fourth-order valence-electron chi connectivity index (χ4n) is 1.90. The highest BCUT2D eigenvalue weighted by molar-refractivity contribution is 5.88. The molecule has 82 valence electrons. The Bertz CT molecular complexity index is 293. The number of nitriles is 1. The van der Waals surface area contributed by atoms with Crippen molar-refractivity contribution in [1.82, 2.24) is 0 Å². The molecule has 4 heteroatoms. The third-order valence-corrected chi connectivity index (χ3v) is 2.68. The second-order valence-electron chi connectivity index (χ2n) is 3.68. The highest BCUT2D eigenvalue weighted by Gasteiger charge is 2.35. The van der Waals surface area contributed by atoms with Gasteiger partial charge in [0.1, 0.15) is 5.78 Å². The quantitative estimate of drug-likeness (QED) is 0.660. The number of hydrogen-bond donors (Lipinski definition) is 0. The Kier molecular flexibility index (Phi) is 4.29. The van der Waals surface area contributed by atoms with Crippen LogP contribution >= 0.6 is 0 Å². The first-order valence-electron chi connectivity index (χ1n) is 5.29. The zero-order valence-electron chi connectivity index (χ0n) is 8.86. The number of nitrogens with zero attached hydrogens (tertiary/aromatic N) is 1. The minimum atomic E-state index is -0.905. The van der Waals surface area contributed by atoms with Crippen molar-refractivity contribution in [1.29, 1.82) is 5.26 Å². The molecule has 0 amide bonds. The maximum absolute atomic E-state index is 11.5. The summed E-state index contributed by atoms with van der Waals surface area (Å²) in [7, 11) is 0. The van der Waals surface area contributed by atoms with E-state index in [1.165, 1.54) is 0 Å². The average molecular weight is 209 g/mol. The van der Waals surface area contributed by atoms with Crippen molar-refractivity contribution in [3.8, 4) is 6.07 Å². The van der Waals surface area contributed by atoms with Gasteiger partial charge in [-0.05, 0) is 19.8 Å². The van der Waals surface area contributed by atoms with Crippen molar-refractivity contribution in [2.45, 2.75) is 32.6 Å². The van der Waals surface area contributed by atoms with Crippen molar-refractivity contribution < 1.29 is 14.3 Å². The maximum Gasteiger partial charge on any atom is 0.324 e. The summed E-state index contributed by atoms with van der Waals surface area (Å²) in [6.07, 6.45) is 2.91. The highest BCUT2D eigenvalue weighted by Crippen LogP contribution is 2.27. The Hall–Kier alpha value is -1.37. The minimum Gasteiger partial charge on any atom is -0.465 e. The fourth-order valence-corrected chi connectivity index (χ4v) is 1.90. The molecule has 1 rings (SSSR count). The number of carbonyl (C=O) groups is 2. The van der Waals surface area contributed by atoms with Gasteiger partial charge >= 0.3 is 5.97 Å². The van der Waals surface area contributed by atoms with Gasteiger partial charge < -0.3 is 4.74 Å². The summed E-state index contributed by atoms with van der Waals surface area (Å²) < 4.78 is 4.78. The van der Waals surface area contributed by atoms with Crippen LogP contribution in [0.4, 0.5) is 0 Å². The van der Waals surface area contributed by atoms with Crippen molar-refractivity contribution in [3.05, 3.63) is 0 Å². The number of Topliss-reactive ketones (excluding diaryl/α,β-unsaturated/α-hetero) is 1. The van der Waals surface area contributed by atoms with E-state index in [1.54, 1.807) is 6.92 Å². The summed E-state index contributed by atoms with van der Waals surface area (Å²) in [5.74, 6) is -1.87. The van der Waals surface area contributed by atoms with Crippen LogP contribution in [0.1, 0.15) is 32.6 Å². The van der Waals surface area contributed by atoms with Crippen LogP contribution in [-0.2, 0) is 14.3 Å². The lowest BCUT2D eigenvalue weighted by atomic mass is 9.79. The average Bonchev–Trinajstić information content (AvgIpc) is 2.22. The molecule has 4 nitrogen and oxygen atoms in total. The number of rotatable bonds is 3. The molecule has 0 unspecified atom stereocenters. The summed E-state index contributed by atoms with van der Waals surface area (Å²) >= 11 is 0. The van der Waals surface area contributed by atoms with Gasteiger partial charge in [-0.15, -0.1) is 0 Å². The molecule has 0 aromatic carbocycles. The zero-order chi connectivity index (χ0) is 11.3. The third-order valence-electron chi connectivity index (χ3n) is 2.68. The molecule has 0 saturated heterocycles. The largest absolute Gasteiger partial charge is 0.465 e. The van der Waals surface area contributed by atoms with Gasteiger partial charge in [0.25, 0.3) is 0 Å². The molecule has 1 fully saturated rings. The number of carbonyl (C=O) groups excluding carboxylic acids is 2. The Labute approximate surface area is 89.2 Å². The smallest absolute Gasteiger partial charge is 0.324 e. The van der Waals surface area contributed by atoms with Crippen LogP contribution < -0.4 is 0 Å². The van der Waals surface area contributed by atoms with Gasteiger partial charge in [0.15, 0.2) is 5.92 Å². The monoisotopic (exact) mass is 209 g/mol. The number of esters is 1. The van der Waals surface area contributed by atoms with Crippen LogP contribution in [-0.4, -0.2) is 18.4 Å². The fraction of sp³-hybridized carbons (Fsp3) is 0.727. The second kappa shape index (κ2) is 5.50. The van der Waals surface area contributed by atoms with E-state index in [9.17, 15) is 9.59 Å². The van der Waals surface area contributed by atoms with Crippen LogP contribution in [0, 0.1) is 23.2 Å². The molecular formula is C11H15NO3. The molecule has 15 heavy (non-hydrogen) atoms. The molecule has 2 atom stereocenters. The normalized spacial score (nSPS) is 22.9. The molecule has 0 aromatic heterocycles. The number of ether oxygens (including phenoxy) is 1. The first-order chi connectivity index (χ1) is 7.20. The predicted octanol–water partition coefficient (Wildman–Crippen LogP) is 1.45. The second-order valence-corrected chi connectivity index (χ2v) is 3.68. The topological polar surface area (TPSA) is 67.2 Å². The lowest BCUT2D eigenvalue weighted by Crippen LogP contribution is -2.32. The molecule has 1 aliphatic carbocycles. The molecule has 0 aromatic rings. The van der Waals surface area contributed by atoms with Crippen LogP contribution in [0.15, 0.2) is 0 Å². The van der Waals surface area contributed by atoms with Crippen LogP contribution in [0.3, 0.4) is 0 Å². The van der Waals surface area contributed by atoms with E-state index < -0.39 is 17.8 Å². The van der Waals surface area contributed by atoms with Gasteiger partial charge in [0.2, 0.25) is 0 Å². The summed E-state index contributed by atoms with van der Waals surface area (Å²) in [4.78, 5) is 23.0. The summed E-state index contributed by atoms with van der Waals surface area (Å²) in [5.41, 5.74) is 0. The highest BCUT2D eigenvalue weighted by atomic mass is 16.5. The predicted molar refractivity (Wildman–Crippen MR) is 52.7 cm³/mol. The van der Waals surface area contributed by atoms with Crippen molar-refractivity contribution in [3.63, 3.8) is 0 Å². The molecule has 0 bridgehead atoms. The van der Waals surface area contributed by atoms with Crippen molar-refractivity contribution in [2.24, 2.45) is 11.8 Å². The maximum atomic E-state index is 11.5. The van der Waals surface area contributed by atoms with E-state index in [2.05, 4.69) is 0 Å². The van der Waals surface area contributed by atoms with Crippen LogP contribution in [0.25, 0.3) is 0 Å². The first kappa shape index (κ1) is 11.7. The van der Waals surface area contributed by atoms with Crippen LogP contribution in [0.2, 0.25) is 0 Å². The van der Waals surface area contributed by atoms with E-state index in [1.807, 2.05) is 6.07 Å². The molecule has 0 heterocycles. The SMILES string of the molecule is CCOC(=O)[C@@H](C#N)[C@H]1CCCCC1=O. The minimum absolute atomic E-state index is 0.0286. The van der Waals surface area contributed by atoms with Crippen LogP contribution in [0.5, 0.6) is 0 Å². The number of ketones is 1. The van der Waals surface area contributed by atoms with Gasteiger partial charge in [-0.2, -0.15) is 5.26 Å². The molecule has 0 radical (unpaired) electrons. The van der Waals surface area contributed by atoms with E-state index in [-0.39, 0.29) is 12.4 Å². The molecule has 1 saturated carbocycles. The zero-order valence-corrected chi connectivity index (χ0v) is 8.86. The van der Waals surface area contributed by atoms with Gasteiger partial charge in [0.05, 0.1) is 12.7 Å². The summed E-state index contributed by atoms with van der Waals surface area (Å²) in [5, 5.41) is 8.89. The van der Waals surface area contributed by atoms with Gasteiger partial charge in [-0.1, -0.05) is 6.42 Å². The molecule has 1 aliphatic rings. The van der Waals surface area contributed by atoms with Crippen molar-refractivity contribution >= 4 is 11.8 Å². The number of hydrogen-bond acceptors (Lipinski definition) is 4. The van der Waals surface area contributed by atoms with Gasteiger partial charge in [-0.3, -0.25) is 9.59 Å². The lowest BCUT2D eigenvalue weighted by molar-refractivity contribution is -0.150. The first-order valence-corrected chi connectivity index (χ1v) is 5.29. The van der Waals surface area contributed by atoms with E-state index in [0.717, 1.165) is 12.8 Å². The summed E-state index contributed by atoms with van der Waals surface area (Å²) in [6.45, 7) is 1.94. The van der Waals surface area contributed by atoms with E-state index in [4.69, 9.17) is 10.00 Å². The van der Waals surface area contributed by atoms with Crippen molar-refractivity contribution in [2.75, 3.05) is 6.61 Å². The molecule has 0 spiro atoms.